The molecule has 2 aromatic carbocycles. The number of nitrogens with one attached hydrogen (secondary N) is 2. The number of amides is 1. The number of nitrogens with two attached hydrogens (primary N) is 1. The van der Waals surface area contributed by atoms with Crippen molar-refractivity contribution in [3.8, 4) is 0 Å². The Morgan fingerprint density at radius 3 is 2.74 bits per heavy atom. The molecule has 0 saturated carbocycles. The van der Waals surface area contributed by atoms with Gasteiger partial charge in [0.1, 0.15) is 23.4 Å². The van der Waals surface area contributed by atoms with Crippen LogP contribution >= 0.6 is 23.1 Å². The third-order valence-electron chi connectivity index (χ3n) is 5.62. The van der Waals surface area contributed by atoms with Crippen LogP contribution in [0.4, 0.5) is 0 Å². The number of nitrogens with zero attached hydrogens (tertiary/aromatic N) is 1. The van der Waals surface area contributed by atoms with Crippen LogP contribution in [0, 0.1) is 0 Å². The van der Waals surface area contributed by atoms with Crippen LogP contribution in [-0.2, 0) is 22.6 Å². The number of carbonyl (C=O) groups is 2. The van der Waals surface area contributed by atoms with E-state index in [0.29, 0.717) is 5.01 Å². The zero-order valence-corrected chi connectivity index (χ0v) is 21.0. The molecule has 2 aromatic heterocycles. The van der Waals surface area contributed by atoms with Crippen LogP contribution in [0.3, 0.4) is 0 Å². The fraction of sp³-hybridized carbons (Fsp3) is 0.269. The summed E-state index contributed by atoms with van der Waals surface area (Å²) in [7, 11) is 0. The van der Waals surface area contributed by atoms with Crippen LogP contribution in [-0.4, -0.2) is 39.9 Å². The van der Waals surface area contributed by atoms with Crippen molar-refractivity contribution in [3.63, 3.8) is 0 Å². The van der Waals surface area contributed by atoms with E-state index in [-0.39, 0.29) is 24.8 Å². The summed E-state index contributed by atoms with van der Waals surface area (Å²) >= 11 is 3.08. The van der Waals surface area contributed by atoms with Crippen molar-refractivity contribution >= 4 is 45.9 Å². The Hall–Kier alpha value is -3.14. The Bertz CT molecular complexity index is 1270. The number of thiazole rings is 1. The Morgan fingerprint density at radius 1 is 1.17 bits per heavy atom. The maximum Gasteiger partial charge on any atom is 0.329 e. The predicted molar refractivity (Wildman–Crippen MR) is 142 cm³/mol. The van der Waals surface area contributed by atoms with Crippen LogP contribution in [0.15, 0.2) is 66.2 Å². The van der Waals surface area contributed by atoms with Crippen LogP contribution in [0.2, 0.25) is 0 Å². The van der Waals surface area contributed by atoms with E-state index in [4.69, 9.17) is 10.5 Å². The zero-order valence-electron chi connectivity index (χ0n) is 19.4. The molecule has 9 heteroatoms. The van der Waals surface area contributed by atoms with Crippen LogP contribution < -0.4 is 11.1 Å². The van der Waals surface area contributed by atoms with Crippen LogP contribution in [0.5, 0.6) is 0 Å². The Kier molecular flexibility index (Phi) is 8.57. The van der Waals surface area contributed by atoms with Gasteiger partial charge in [0.2, 0.25) is 0 Å². The van der Waals surface area contributed by atoms with Gasteiger partial charge in [0, 0.05) is 28.9 Å². The fourth-order valence-electron chi connectivity index (χ4n) is 3.71. The SMILES string of the molecule is CSCCC(N)c1nc(C(=O)NC(Cc2c[nH]c3ccccc23)C(=O)OCc2ccccc2)cs1. The lowest BCUT2D eigenvalue weighted by atomic mass is 10.0. The molecule has 182 valence electrons. The molecule has 0 saturated heterocycles. The van der Waals surface area contributed by atoms with E-state index in [1.807, 2.05) is 67.0 Å². The second-order valence-corrected chi connectivity index (χ2v) is 10.0. The minimum absolute atomic E-state index is 0.130. The molecular formula is C26H28N4O3S2. The Balaban J connectivity index is 1.50. The van der Waals surface area contributed by atoms with Gasteiger partial charge in [-0.25, -0.2) is 9.78 Å². The first-order valence-electron chi connectivity index (χ1n) is 11.3. The van der Waals surface area contributed by atoms with E-state index in [9.17, 15) is 9.59 Å². The van der Waals surface area contributed by atoms with Crippen molar-refractivity contribution in [2.75, 3.05) is 12.0 Å². The molecule has 4 rings (SSSR count). The summed E-state index contributed by atoms with van der Waals surface area (Å²) < 4.78 is 5.57. The molecule has 2 unspecified atom stereocenters. The van der Waals surface area contributed by atoms with Gasteiger partial charge in [-0.2, -0.15) is 11.8 Å². The molecule has 0 aliphatic rings. The minimum Gasteiger partial charge on any atom is -0.459 e. The topological polar surface area (TPSA) is 110 Å². The van der Waals surface area contributed by atoms with E-state index in [1.54, 1.807) is 17.1 Å². The zero-order chi connectivity index (χ0) is 24.6. The van der Waals surface area contributed by atoms with Gasteiger partial charge in [-0.3, -0.25) is 4.79 Å². The van der Waals surface area contributed by atoms with E-state index in [2.05, 4.69) is 15.3 Å². The Morgan fingerprint density at radius 2 is 1.94 bits per heavy atom. The molecule has 0 bridgehead atoms. The van der Waals surface area contributed by atoms with E-state index in [1.165, 1.54) is 11.3 Å². The first-order chi connectivity index (χ1) is 17.0. The molecule has 0 radical (unpaired) electrons. The number of hydrogen-bond acceptors (Lipinski definition) is 7. The van der Waals surface area contributed by atoms with Gasteiger partial charge < -0.3 is 20.8 Å². The first-order valence-corrected chi connectivity index (χ1v) is 13.6. The molecule has 35 heavy (non-hydrogen) atoms. The highest BCUT2D eigenvalue weighted by atomic mass is 32.2. The molecule has 4 aromatic rings. The summed E-state index contributed by atoms with van der Waals surface area (Å²) in [5, 5.41) is 6.23. The van der Waals surface area contributed by atoms with Crippen LogP contribution in [0.1, 0.15) is 39.1 Å². The summed E-state index contributed by atoms with van der Waals surface area (Å²) in [4.78, 5) is 33.8. The molecule has 2 atom stereocenters. The summed E-state index contributed by atoms with van der Waals surface area (Å²) in [5.41, 5.74) is 9.22. The largest absolute Gasteiger partial charge is 0.459 e. The monoisotopic (exact) mass is 508 g/mol. The van der Waals surface area contributed by atoms with Crippen molar-refractivity contribution in [1.29, 1.82) is 0 Å². The normalized spacial score (nSPS) is 12.9. The lowest BCUT2D eigenvalue weighted by molar-refractivity contribution is -0.147. The summed E-state index contributed by atoms with van der Waals surface area (Å²) in [6.07, 6.45) is 4.95. The van der Waals surface area contributed by atoms with E-state index in [0.717, 1.165) is 34.2 Å². The highest BCUT2D eigenvalue weighted by Crippen LogP contribution is 2.22. The van der Waals surface area contributed by atoms with E-state index < -0.39 is 17.9 Å². The molecule has 1 amide bonds. The molecular weight excluding hydrogens is 480 g/mol. The smallest absolute Gasteiger partial charge is 0.329 e. The van der Waals surface area contributed by atoms with Gasteiger partial charge in [0.15, 0.2) is 0 Å². The maximum atomic E-state index is 13.1. The second-order valence-electron chi connectivity index (χ2n) is 8.14. The van der Waals surface area contributed by atoms with Gasteiger partial charge >= 0.3 is 5.97 Å². The van der Waals surface area contributed by atoms with Gasteiger partial charge in [-0.05, 0) is 35.6 Å². The molecule has 0 spiro atoms. The predicted octanol–water partition coefficient (Wildman–Crippen LogP) is 4.46. The molecule has 4 N–H and O–H groups in total. The minimum atomic E-state index is -0.874. The van der Waals surface area contributed by atoms with Gasteiger partial charge in [-0.1, -0.05) is 48.5 Å². The second kappa shape index (κ2) is 12.0. The molecule has 0 fully saturated rings. The summed E-state index contributed by atoms with van der Waals surface area (Å²) in [6.45, 7) is 0.130. The third-order valence-corrected chi connectivity index (χ3v) is 7.24. The standard InChI is InChI=1S/C26H28N4O3S2/c1-34-12-11-20(27)25-30-23(16-35-25)24(31)29-22(26(32)33-15-17-7-3-2-4-8-17)13-18-14-28-21-10-6-5-9-19(18)21/h2-10,14,16,20,22,28H,11-13,15,27H2,1H3,(H,29,31). The number of para-hydroxylation sites is 1. The number of H-pyrrole nitrogens is 1. The number of esters is 1. The Labute approximate surface area is 212 Å². The first kappa shape index (κ1) is 25.0. The van der Waals surface area contributed by atoms with Crippen molar-refractivity contribution in [2.24, 2.45) is 5.73 Å². The number of rotatable bonds is 11. The highest BCUT2D eigenvalue weighted by molar-refractivity contribution is 7.98. The number of hydrogen-bond donors (Lipinski definition) is 3. The molecule has 0 aliphatic carbocycles. The number of benzene rings is 2. The lowest BCUT2D eigenvalue weighted by Gasteiger charge is -2.17. The van der Waals surface area contributed by atoms with Gasteiger partial charge in [-0.15, -0.1) is 11.3 Å². The quantitative estimate of drug-likeness (QED) is 0.258. The lowest BCUT2D eigenvalue weighted by Crippen LogP contribution is -2.43. The van der Waals surface area contributed by atoms with Crippen molar-refractivity contribution in [2.45, 2.75) is 31.5 Å². The van der Waals surface area contributed by atoms with Crippen molar-refractivity contribution in [3.05, 3.63) is 88.0 Å². The number of aromatic amines is 1. The van der Waals surface area contributed by atoms with Crippen molar-refractivity contribution in [1.82, 2.24) is 15.3 Å². The maximum absolute atomic E-state index is 13.1. The highest BCUT2D eigenvalue weighted by Gasteiger charge is 2.26. The number of aromatic nitrogens is 2. The number of fused-ring (bicyclic) bond motifs is 1. The average Bonchev–Trinajstić information content (AvgIpc) is 3.54. The molecule has 2 heterocycles. The summed E-state index contributed by atoms with van der Waals surface area (Å²) in [6, 6.07) is 16.2. The van der Waals surface area contributed by atoms with E-state index >= 15 is 0 Å². The molecule has 7 nitrogen and oxygen atoms in total. The molecule has 0 aliphatic heterocycles. The number of carbonyl (C=O) groups excluding carboxylic acids is 2. The van der Waals surface area contributed by atoms with Gasteiger partial charge in [0.05, 0.1) is 6.04 Å². The van der Waals surface area contributed by atoms with Crippen molar-refractivity contribution < 1.29 is 14.3 Å². The third kappa shape index (κ3) is 6.50. The number of thioether (sulfide) groups is 1. The van der Waals surface area contributed by atoms with Crippen LogP contribution in [0.25, 0.3) is 10.9 Å². The van der Waals surface area contributed by atoms with Gasteiger partial charge in [0.25, 0.3) is 5.91 Å². The fourth-order valence-corrected chi connectivity index (χ4v) is 5.03. The number of ether oxygens (including phenoxy) is 1. The summed E-state index contributed by atoms with van der Waals surface area (Å²) in [5.74, 6) is -0.00642. The average molecular weight is 509 g/mol.